The van der Waals surface area contributed by atoms with E-state index in [1.165, 1.54) is 42.6 Å². The number of amides is 1. The fourth-order valence-corrected chi connectivity index (χ4v) is 13.9. The van der Waals surface area contributed by atoms with Gasteiger partial charge in [0.1, 0.15) is 0 Å². The van der Waals surface area contributed by atoms with Crippen LogP contribution in [-0.4, -0.2) is 306 Å². The smallest absolute Gasteiger partial charge is 0.349 e. The first-order chi connectivity index (χ1) is 48.7. The van der Waals surface area contributed by atoms with Crippen molar-refractivity contribution in [2.75, 3.05) is 79.6 Å². The topological polar surface area (TPSA) is 365 Å². The molecule has 0 saturated heterocycles. The van der Waals surface area contributed by atoms with E-state index >= 15 is 0 Å². The van der Waals surface area contributed by atoms with Crippen molar-refractivity contribution < 1.29 is 94.1 Å². The molecule has 2 saturated carbocycles. The van der Waals surface area contributed by atoms with Crippen LogP contribution in [0.1, 0.15) is 220 Å². The van der Waals surface area contributed by atoms with Crippen LogP contribution in [0.4, 0.5) is 22.0 Å². The first kappa shape index (κ1) is 134. The third kappa shape index (κ3) is 71.7. The lowest BCUT2D eigenvalue weighted by Crippen LogP contribution is -2.35. The molecule has 8 unspecified atom stereocenters. The summed E-state index contributed by atoms with van der Waals surface area (Å²) in [7, 11) is -18.3. The Balaban J connectivity index is -0.000000110. The van der Waals surface area contributed by atoms with Crippen molar-refractivity contribution in [3.8, 4) is 0 Å². The predicted octanol–water partition coefficient (Wildman–Crippen LogP) is 9.04. The Hall–Kier alpha value is -1.20. The maximum absolute atomic E-state index is 11.7. The number of rotatable bonds is 24. The minimum absolute atomic E-state index is 0.00463. The van der Waals surface area contributed by atoms with Gasteiger partial charge in [-0.2, -0.15) is 22.0 Å². The highest BCUT2D eigenvalue weighted by Gasteiger charge is 2.41. The van der Waals surface area contributed by atoms with Gasteiger partial charge in [-0.15, -0.1) is 0 Å². The van der Waals surface area contributed by atoms with Gasteiger partial charge in [-0.05, 0) is 185 Å². The standard InChI is InChI=1S/C7H15NO2S.C7H14OS.C6H15NOS.C6H13NO.C6H14OS.C5H9F3OS.C5H10F2OS.2C5H13NO2S.C5H13NOS.C5H12OS.C4H11NO2S.C4H11NOS/c1-6(2)8(3)11(9,10)7-4-5-7;1-6(2)9(3,8)7-4-5-7;1-6(2)9(5,8)7(3)4;1-5(2)6(8)7(3)4;1-5-8(4,7)6(2)3;1-4(2)10(3,9)5(6,7)8;1-4(2)9(3,8)5(6)7;1-5(2)6(3)9(4,7)8;1-4-9(7,8)6-5(2)3;1-5(2)8(4,7)6-3;1-5(2)7(3,4)6;1-4(2)5-8(3,6)7;1-4(2)7(3,5)6/h6-7H,4-5H2,1-3H3;6-7H,3-5H2,1-2H3;6H,5H2,1-4H3;5H,1-4H3;6H,4-5H2,1-3H3;4H,3H2,1-2H3;4-5H,3H2,1-2H3;5H,1-4H3;5-6H,4H2,1-3H3;5H,4H2,1-3H3,(H,6,7);5H,3H2,1-2,4H3;4-5H,1-3H3;4H,3H2,1-2H3,(H2,5,6). The molecule has 0 heterocycles. The van der Waals surface area contributed by atoms with Gasteiger partial charge in [-0.3, -0.25) is 43.6 Å². The summed E-state index contributed by atoms with van der Waals surface area (Å²) in [5.74, 6) is 25.2. The molecule has 2 aliphatic rings. The van der Waals surface area contributed by atoms with E-state index in [9.17, 15) is 94.1 Å². The lowest BCUT2D eigenvalue weighted by molar-refractivity contribution is -0.131. The van der Waals surface area contributed by atoms with E-state index in [0.29, 0.717) is 11.0 Å². The quantitative estimate of drug-likeness (QED) is 0.0517. The number of sulfonamides is 4. The number of nitrogens with two attached hydrogens (primary N) is 1. The molecular weight excluding hydrogens is 1700 g/mol. The fraction of sp³-hybridized carbons (Fsp3) is 0.871. The van der Waals surface area contributed by atoms with Crippen LogP contribution in [0.5, 0.6) is 0 Å². The van der Waals surface area contributed by atoms with Crippen molar-refractivity contribution in [3.63, 3.8) is 0 Å². The molecule has 5 N–H and O–H groups in total. The molecule has 2 fully saturated rings. The molecule has 0 aromatic carbocycles. The highest BCUT2D eigenvalue weighted by Crippen LogP contribution is 2.32. The fourth-order valence-electron chi connectivity index (χ4n) is 4.98. The average molecular weight is 1870 g/mol. The first-order valence-corrected chi connectivity index (χ1v) is 58.0. The zero-order valence-corrected chi connectivity index (χ0v) is 85.5. The lowest BCUT2D eigenvalue weighted by Gasteiger charge is -2.20. The summed E-state index contributed by atoms with van der Waals surface area (Å²) in [4.78, 5) is 12.4. The molecule has 0 spiro atoms. The van der Waals surface area contributed by atoms with Crippen LogP contribution in [-0.2, 0) is 122 Å². The van der Waals surface area contributed by atoms with Gasteiger partial charge in [-0.25, -0.2) is 60.8 Å². The summed E-state index contributed by atoms with van der Waals surface area (Å²) in [5, 5.41) is 4.94. The summed E-state index contributed by atoms with van der Waals surface area (Å²) >= 11 is 0. The molecule has 25 nitrogen and oxygen atoms in total. The van der Waals surface area contributed by atoms with Gasteiger partial charge in [0, 0.05) is 156 Å². The molecule has 1 amide bonds. The number of halogens is 5. The third-order valence-corrected chi connectivity index (χ3v) is 40.7. The number of carbonyl (C=O) groups is 1. The predicted molar refractivity (Wildman–Crippen MR) is 499 cm³/mol. The molecule has 0 aliphatic heterocycles. The summed E-state index contributed by atoms with van der Waals surface area (Å²) in [6, 6.07) is 0.153. The van der Waals surface area contributed by atoms with E-state index in [-0.39, 0.29) is 78.5 Å². The van der Waals surface area contributed by atoms with Gasteiger partial charge >= 0.3 is 11.3 Å². The number of carbonyl (C=O) groups excluding carboxylic acids is 1. The SMILES string of the molecule is C=S(=O)(C(C)C)C(F)(F)F.C=S(=O)(C(C)C)C(F)F.C=S(=O)(C(C)C)C1CC1.C=S(=O)(C(C)C)N(C)C.C=S(=O)(CC)C(C)C.C=S(=O)(NC)C(C)C.C=S(C)(=O)C(C)C.C=S(N)(=O)C(C)C.CC(C)C(=O)N(C)C.CC(C)N(C)S(=O)(=O)C1CC1.CC(C)N(C)S(C)(=O)=O.CC(C)NS(C)(=O)=O.CCS(=O)(=O)NC(C)C. The molecule has 42 heteroatoms. The number of nitrogens with zero attached hydrogens (tertiary/aromatic N) is 4. The number of alkyl halides is 5. The summed E-state index contributed by atoms with van der Waals surface area (Å²) in [6.07, 6.45) is 8.00. The maximum Gasteiger partial charge on any atom is 0.463 e. The Morgan fingerprint density at radius 2 is 0.786 bits per heavy atom. The van der Waals surface area contributed by atoms with Gasteiger partial charge in [0.2, 0.25) is 46.0 Å². The van der Waals surface area contributed by atoms with E-state index in [0.717, 1.165) is 31.9 Å². The van der Waals surface area contributed by atoms with Crippen LogP contribution in [0.25, 0.3) is 0 Å². The van der Waals surface area contributed by atoms with Crippen LogP contribution >= 0.6 is 0 Å². The average Bonchev–Trinajstić information content (AvgIpc) is 1.56. The van der Waals surface area contributed by atoms with Crippen LogP contribution in [0.2, 0.25) is 0 Å². The van der Waals surface area contributed by atoms with Crippen LogP contribution in [0.15, 0.2) is 0 Å². The highest BCUT2D eigenvalue weighted by molar-refractivity contribution is 8.03. The Morgan fingerprint density at radius 1 is 0.464 bits per heavy atom. The molecule has 112 heavy (non-hydrogen) atoms. The molecule has 0 bridgehead atoms. The second-order valence-corrected chi connectivity index (χ2v) is 62.1. The summed E-state index contributed by atoms with van der Waals surface area (Å²) in [6.45, 7) is 50.2. The Morgan fingerprint density at radius 3 is 0.830 bits per heavy atom. The first-order valence-electron chi connectivity index (χ1n) is 36.0. The summed E-state index contributed by atoms with van der Waals surface area (Å²) < 4.78 is 245. The second-order valence-electron chi connectivity index (χ2n) is 30.4. The van der Waals surface area contributed by atoms with Gasteiger partial charge < -0.3 is 4.90 Å². The Kier molecular flexibility index (Phi) is 70.3. The van der Waals surface area contributed by atoms with E-state index in [1.54, 1.807) is 113 Å². The molecule has 2 aliphatic carbocycles. The van der Waals surface area contributed by atoms with Gasteiger partial charge in [0.15, 0.2) is 0 Å². The minimum atomic E-state index is -4.67. The highest BCUT2D eigenvalue weighted by atomic mass is 32.2. The van der Waals surface area contributed by atoms with Crippen molar-refractivity contribution in [2.45, 2.75) is 307 Å². The minimum Gasteiger partial charge on any atom is -0.349 e. The van der Waals surface area contributed by atoms with Crippen molar-refractivity contribution in [3.05, 3.63) is 0 Å². The largest absolute Gasteiger partial charge is 0.463 e. The normalized spacial score (nSPS) is 17.4. The molecule has 0 aromatic heterocycles. The number of hydrogen-bond acceptors (Lipinski definition) is 17. The molecule has 0 aromatic rings. The molecule has 2 rings (SSSR count). The van der Waals surface area contributed by atoms with Crippen molar-refractivity contribution >= 4 is 170 Å². The maximum atomic E-state index is 11.7. The molecule has 692 valence electrons. The van der Waals surface area contributed by atoms with Gasteiger partial charge in [-0.1, -0.05) is 132 Å². The Labute approximate surface area is 688 Å². The van der Waals surface area contributed by atoms with E-state index in [2.05, 4.69) is 61.1 Å². The van der Waals surface area contributed by atoms with Crippen LogP contribution in [0.3, 0.4) is 0 Å². The van der Waals surface area contributed by atoms with Crippen LogP contribution < -0.4 is 19.3 Å². The van der Waals surface area contributed by atoms with Gasteiger partial charge in [0.05, 0.1) is 33.0 Å². The number of hydrogen-bond donors (Lipinski definition) is 4. The Bertz CT molecular complexity index is 3780. The third-order valence-electron chi connectivity index (χ3n) is 15.2. The molecule has 8 atom stereocenters. The lowest BCUT2D eigenvalue weighted by atomic mass is 10.2. The molecule has 0 radical (unpaired) electrons. The van der Waals surface area contributed by atoms with Crippen LogP contribution in [0, 0.1) is 5.92 Å². The van der Waals surface area contributed by atoms with Crippen molar-refractivity contribution in [2.24, 2.45) is 11.1 Å². The zero-order chi connectivity index (χ0) is 94.0. The van der Waals surface area contributed by atoms with E-state index in [1.807, 2.05) is 118 Å². The monoisotopic (exact) mass is 1870 g/mol. The zero-order valence-electron chi connectivity index (χ0n) is 75.7. The van der Waals surface area contributed by atoms with Crippen molar-refractivity contribution in [1.29, 1.82) is 0 Å². The number of nitrogens with one attached hydrogen (secondary N) is 3. The van der Waals surface area contributed by atoms with E-state index < -0.39 is 139 Å². The van der Waals surface area contributed by atoms with E-state index in [4.69, 9.17) is 5.14 Å². The molecular formula is C70H163F5N8O17S12. The summed E-state index contributed by atoms with van der Waals surface area (Å²) in [5.41, 5.74) is -4.67. The van der Waals surface area contributed by atoms with Crippen molar-refractivity contribution in [1.82, 2.24) is 32.0 Å². The second kappa shape index (κ2) is 58.7. The van der Waals surface area contributed by atoms with Gasteiger partial charge in [0.25, 0.3) is 0 Å².